The molecule has 1 heterocycles. The van der Waals surface area contributed by atoms with Gasteiger partial charge in [0.15, 0.2) is 0 Å². The van der Waals surface area contributed by atoms with Gasteiger partial charge in [0, 0.05) is 23.3 Å². The van der Waals surface area contributed by atoms with Crippen molar-refractivity contribution in [3.05, 3.63) is 65.0 Å². The molecule has 1 aliphatic heterocycles. The van der Waals surface area contributed by atoms with E-state index in [1.807, 2.05) is 19.1 Å². The third-order valence-corrected chi connectivity index (χ3v) is 6.56. The maximum atomic E-state index is 13.5. The predicted molar refractivity (Wildman–Crippen MR) is 111 cm³/mol. The number of nitrogens with one attached hydrogen (secondary N) is 1. The van der Waals surface area contributed by atoms with Crippen LogP contribution < -0.4 is 5.32 Å². The van der Waals surface area contributed by atoms with Crippen molar-refractivity contribution >= 4 is 11.6 Å². The van der Waals surface area contributed by atoms with Crippen molar-refractivity contribution in [2.45, 2.75) is 64.0 Å². The number of benzene rings is 2. The molecule has 4 rings (SSSR count). The van der Waals surface area contributed by atoms with Crippen LogP contribution in [0.15, 0.2) is 42.5 Å². The van der Waals surface area contributed by atoms with Crippen molar-refractivity contribution < 1.29 is 9.18 Å². The van der Waals surface area contributed by atoms with Crippen molar-refractivity contribution in [2.75, 3.05) is 11.9 Å². The summed E-state index contributed by atoms with van der Waals surface area (Å²) in [4.78, 5) is 15.2. The van der Waals surface area contributed by atoms with Gasteiger partial charge in [-0.2, -0.15) is 0 Å². The van der Waals surface area contributed by atoms with Crippen molar-refractivity contribution in [1.29, 1.82) is 0 Å². The third kappa shape index (κ3) is 3.97. The number of anilines is 1. The molecule has 0 unspecified atom stereocenters. The highest BCUT2D eigenvalue weighted by Gasteiger charge is 2.34. The highest BCUT2D eigenvalue weighted by molar-refractivity contribution is 6.05. The molecule has 2 fully saturated rings. The summed E-state index contributed by atoms with van der Waals surface area (Å²) in [6, 6.07) is 13.9. The largest absolute Gasteiger partial charge is 0.322 e. The summed E-state index contributed by atoms with van der Waals surface area (Å²) in [6.07, 6.45) is 6.43. The molecule has 2 aromatic rings. The highest BCUT2D eigenvalue weighted by atomic mass is 19.1. The first-order valence-electron chi connectivity index (χ1n) is 10.4. The minimum absolute atomic E-state index is 0.270. The fourth-order valence-electron chi connectivity index (χ4n) is 4.94. The standard InChI is InChI=1S/C24H29FN2O/c1-16-5-9-20(25)15-23(16)24(28)26-21-10-6-18(7-11-21)19-8-12-22(14-19)27-13-3-4-17(27)2/h5-7,9-11,15,17,19,22H,3-4,8,12-14H2,1-2H3,(H,26,28)/t17-,19-,22-/m0/s1. The van der Waals surface area contributed by atoms with E-state index in [1.54, 1.807) is 6.07 Å². The lowest BCUT2D eigenvalue weighted by Crippen LogP contribution is -2.35. The summed E-state index contributed by atoms with van der Waals surface area (Å²) in [5.41, 5.74) is 3.25. The molecule has 1 saturated heterocycles. The molecule has 148 valence electrons. The van der Waals surface area contributed by atoms with E-state index in [4.69, 9.17) is 0 Å². The number of nitrogens with zero attached hydrogens (tertiary/aromatic N) is 1. The Morgan fingerprint density at radius 3 is 2.61 bits per heavy atom. The zero-order valence-corrected chi connectivity index (χ0v) is 16.7. The summed E-state index contributed by atoms with van der Waals surface area (Å²) in [6.45, 7) is 5.43. The number of hydrogen-bond donors (Lipinski definition) is 1. The van der Waals surface area contributed by atoms with Crippen LogP contribution in [0.5, 0.6) is 0 Å². The van der Waals surface area contributed by atoms with Crippen LogP contribution in [0.3, 0.4) is 0 Å². The molecule has 4 heteroatoms. The van der Waals surface area contributed by atoms with Gasteiger partial charge in [0.1, 0.15) is 5.82 Å². The van der Waals surface area contributed by atoms with Crippen LogP contribution in [0, 0.1) is 12.7 Å². The van der Waals surface area contributed by atoms with Gasteiger partial charge in [0.05, 0.1) is 0 Å². The number of aryl methyl sites for hydroxylation is 1. The van der Waals surface area contributed by atoms with Crippen LogP contribution in [0.1, 0.15) is 66.4 Å². The van der Waals surface area contributed by atoms with Crippen molar-refractivity contribution in [1.82, 2.24) is 4.90 Å². The molecule has 1 N–H and O–H groups in total. The van der Waals surface area contributed by atoms with Gasteiger partial charge >= 0.3 is 0 Å². The Kier molecular flexibility index (Phi) is 5.49. The molecular formula is C24H29FN2O. The first-order chi connectivity index (χ1) is 13.5. The molecule has 3 nitrogen and oxygen atoms in total. The first-order valence-corrected chi connectivity index (χ1v) is 10.4. The van der Waals surface area contributed by atoms with Gasteiger partial charge < -0.3 is 5.32 Å². The first kappa shape index (κ1) is 19.1. The summed E-state index contributed by atoms with van der Waals surface area (Å²) >= 11 is 0. The van der Waals surface area contributed by atoms with Crippen molar-refractivity contribution in [3.63, 3.8) is 0 Å². The van der Waals surface area contributed by atoms with Gasteiger partial charge in [0.25, 0.3) is 5.91 Å². The fourth-order valence-corrected chi connectivity index (χ4v) is 4.94. The van der Waals surface area contributed by atoms with E-state index in [1.165, 1.54) is 56.3 Å². The Labute approximate surface area is 166 Å². The van der Waals surface area contributed by atoms with Gasteiger partial charge in [0.2, 0.25) is 0 Å². The Morgan fingerprint density at radius 2 is 1.89 bits per heavy atom. The summed E-state index contributed by atoms with van der Waals surface area (Å²) in [5.74, 6) is -0.0593. The van der Waals surface area contributed by atoms with E-state index in [0.29, 0.717) is 11.5 Å². The molecule has 1 saturated carbocycles. The Bertz CT molecular complexity index is 848. The van der Waals surface area contributed by atoms with Crippen LogP contribution in [0.2, 0.25) is 0 Å². The summed E-state index contributed by atoms with van der Waals surface area (Å²) < 4.78 is 13.5. The van der Waals surface area contributed by atoms with Crippen LogP contribution in [0.4, 0.5) is 10.1 Å². The van der Waals surface area contributed by atoms with Crippen molar-refractivity contribution in [3.8, 4) is 0 Å². The van der Waals surface area contributed by atoms with Gasteiger partial charge in [-0.25, -0.2) is 4.39 Å². The van der Waals surface area contributed by atoms with E-state index >= 15 is 0 Å². The zero-order valence-electron chi connectivity index (χ0n) is 16.7. The SMILES string of the molecule is Cc1ccc(F)cc1C(=O)Nc1ccc([C@H]2CC[C@H](N3CCC[C@@H]3C)C2)cc1. The molecular weight excluding hydrogens is 351 g/mol. The fraction of sp³-hybridized carbons (Fsp3) is 0.458. The molecule has 1 amide bonds. The lowest BCUT2D eigenvalue weighted by atomic mass is 9.97. The van der Waals surface area contributed by atoms with E-state index in [-0.39, 0.29) is 5.91 Å². The second-order valence-corrected chi connectivity index (χ2v) is 8.43. The average molecular weight is 381 g/mol. The van der Waals surface area contributed by atoms with Gasteiger partial charge in [-0.3, -0.25) is 9.69 Å². The summed E-state index contributed by atoms with van der Waals surface area (Å²) in [7, 11) is 0. The molecule has 3 atom stereocenters. The van der Waals surface area contributed by atoms with E-state index < -0.39 is 5.82 Å². The van der Waals surface area contributed by atoms with E-state index in [2.05, 4.69) is 29.3 Å². The van der Waals surface area contributed by atoms with Crippen LogP contribution in [-0.4, -0.2) is 29.4 Å². The minimum atomic E-state index is -0.394. The average Bonchev–Trinajstić information content (AvgIpc) is 3.33. The van der Waals surface area contributed by atoms with Crippen LogP contribution in [0.25, 0.3) is 0 Å². The van der Waals surface area contributed by atoms with Crippen LogP contribution in [-0.2, 0) is 0 Å². The number of rotatable bonds is 4. The Morgan fingerprint density at radius 1 is 1.11 bits per heavy atom. The zero-order chi connectivity index (χ0) is 19.7. The molecule has 0 radical (unpaired) electrons. The quantitative estimate of drug-likeness (QED) is 0.759. The maximum absolute atomic E-state index is 13.5. The highest BCUT2D eigenvalue weighted by Crippen LogP contribution is 2.39. The third-order valence-electron chi connectivity index (χ3n) is 6.56. The predicted octanol–water partition coefficient (Wildman–Crippen LogP) is 5.51. The normalized spacial score (nSPS) is 25.2. The Hall–Kier alpha value is -2.20. The monoisotopic (exact) mass is 380 g/mol. The van der Waals surface area contributed by atoms with Gasteiger partial charge in [-0.05, 0) is 93.8 Å². The number of amides is 1. The van der Waals surface area contributed by atoms with Gasteiger partial charge in [-0.15, -0.1) is 0 Å². The molecule has 2 aromatic carbocycles. The molecule has 0 bridgehead atoms. The number of halogens is 1. The Balaban J connectivity index is 1.39. The second-order valence-electron chi connectivity index (χ2n) is 8.43. The van der Waals surface area contributed by atoms with Crippen molar-refractivity contribution in [2.24, 2.45) is 0 Å². The molecule has 0 aromatic heterocycles. The number of carbonyl (C=O) groups is 1. The molecule has 1 aliphatic carbocycles. The number of carbonyl (C=O) groups excluding carboxylic acids is 1. The van der Waals surface area contributed by atoms with E-state index in [0.717, 1.165) is 23.3 Å². The smallest absolute Gasteiger partial charge is 0.256 e. The van der Waals surface area contributed by atoms with Crippen LogP contribution >= 0.6 is 0 Å². The van der Waals surface area contributed by atoms with Gasteiger partial charge in [-0.1, -0.05) is 18.2 Å². The lowest BCUT2D eigenvalue weighted by Gasteiger charge is -2.28. The minimum Gasteiger partial charge on any atom is -0.322 e. The number of likely N-dealkylation sites (tertiary alicyclic amines) is 1. The molecule has 0 spiro atoms. The second kappa shape index (κ2) is 8.04. The molecule has 28 heavy (non-hydrogen) atoms. The number of hydrogen-bond acceptors (Lipinski definition) is 2. The topological polar surface area (TPSA) is 32.3 Å². The molecule has 2 aliphatic rings. The van der Waals surface area contributed by atoms with E-state index in [9.17, 15) is 9.18 Å². The maximum Gasteiger partial charge on any atom is 0.256 e. The lowest BCUT2D eigenvalue weighted by molar-refractivity contribution is 0.102. The summed E-state index contributed by atoms with van der Waals surface area (Å²) in [5, 5.41) is 2.89.